The zero-order valence-corrected chi connectivity index (χ0v) is 19.1. The second-order valence-electron chi connectivity index (χ2n) is 7.38. The van der Waals surface area contributed by atoms with E-state index in [1.54, 1.807) is 27.4 Å². The fourth-order valence-corrected chi connectivity index (χ4v) is 3.59. The summed E-state index contributed by atoms with van der Waals surface area (Å²) in [5.74, 6) is 1.28. The molecule has 0 radical (unpaired) electrons. The number of benzene rings is 3. The molecule has 0 saturated heterocycles. The molecule has 3 rings (SSSR count). The Bertz CT molecular complexity index is 1120. The lowest BCUT2D eigenvalue weighted by Crippen LogP contribution is -2.13. The van der Waals surface area contributed by atoms with Gasteiger partial charge in [0, 0.05) is 30.4 Å². The van der Waals surface area contributed by atoms with Gasteiger partial charge in [-0.25, -0.2) is 0 Å². The third-order valence-corrected chi connectivity index (χ3v) is 5.19. The summed E-state index contributed by atoms with van der Waals surface area (Å²) >= 11 is 0. The van der Waals surface area contributed by atoms with Crippen LogP contribution in [0.15, 0.2) is 66.7 Å². The Labute approximate surface area is 194 Å². The Kier molecular flexibility index (Phi) is 7.94. The standard InChI is InChI=1S/C26H29N3O4/c1-31-23-12-18(13-24(32-2)26(23)33-3)16-29-15-17-8-10-19(11-9-17)21(14-25(28)30)20-6-4-5-7-22(20)27/h4-14,29H,15-16,27H2,1-3H3,(H2,28,30). The Balaban J connectivity index is 1.72. The number of hydrogen-bond donors (Lipinski definition) is 3. The molecule has 172 valence electrons. The van der Waals surface area contributed by atoms with E-state index in [-0.39, 0.29) is 0 Å². The maximum absolute atomic E-state index is 11.6. The summed E-state index contributed by atoms with van der Waals surface area (Å²) < 4.78 is 16.2. The van der Waals surface area contributed by atoms with E-state index in [0.717, 1.165) is 22.3 Å². The lowest BCUT2D eigenvalue weighted by atomic mass is 9.95. The number of nitrogens with one attached hydrogen (secondary N) is 1. The molecule has 1 amide bonds. The fraction of sp³-hybridized carbons (Fsp3) is 0.192. The van der Waals surface area contributed by atoms with Gasteiger partial charge >= 0.3 is 0 Å². The van der Waals surface area contributed by atoms with Crippen molar-refractivity contribution in [1.82, 2.24) is 5.32 Å². The zero-order chi connectivity index (χ0) is 23.8. The van der Waals surface area contributed by atoms with E-state index in [4.69, 9.17) is 25.7 Å². The molecule has 0 aliphatic heterocycles. The van der Waals surface area contributed by atoms with Crippen molar-refractivity contribution in [1.29, 1.82) is 0 Å². The van der Waals surface area contributed by atoms with E-state index in [2.05, 4.69) is 5.32 Å². The van der Waals surface area contributed by atoms with Crippen LogP contribution >= 0.6 is 0 Å². The number of methoxy groups -OCH3 is 3. The van der Waals surface area contributed by atoms with Gasteiger partial charge in [-0.05, 0) is 40.5 Å². The lowest BCUT2D eigenvalue weighted by Gasteiger charge is -2.15. The van der Waals surface area contributed by atoms with Crippen molar-refractivity contribution in [2.75, 3.05) is 27.1 Å². The molecule has 0 heterocycles. The molecule has 0 aromatic heterocycles. The second-order valence-corrected chi connectivity index (χ2v) is 7.38. The third-order valence-electron chi connectivity index (χ3n) is 5.19. The van der Waals surface area contributed by atoms with Crippen molar-refractivity contribution in [3.05, 3.63) is 89.0 Å². The van der Waals surface area contributed by atoms with Gasteiger partial charge in [-0.2, -0.15) is 0 Å². The molecule has 0 bridgehead atoms. The Morgan fingerprint density at radius 2 is 1.48 bits per heavy atom. The summed E-state index contributed by atoms with van der Waals surface area (Å²) in [6.07, 6.45) is 1.41. The van der Waals surface area contributed by atoms with Crippen LogP contribution in [-0.4, -0.2) is 27.2 Å². The highest BCUT2D eigenvalue weighted by Crippen LogP contribution is 2.38. The van der Waals surface area contributed by atoms with Gasteiger partial charge in [-0.15, -0.1) is 0 Å². The minimum Gasteiger partial charge on any atom is -0.493 e. The van der Waals surface area contributed by atoms with Crippen LogP contribution in [0.1, 0.15) is 22.3 Å². The summed E-state index contributed by atoms with van der Waals surface area (Å²) in [5.41, 5.74) is 16.6. The molecule has 0 saturated carbocycles. The molecule has 5 N–H and O–H groups in total. The summed E-state index contributed by atoms with van der Waals surface area (Å²) in [7, 11) is 4.78. The van der Waals surface area contributed by atoms with E-state index in [1.165, 1.54) is 6.08 Å². The molecule has 3 aromatic carbocycles. The van der Waals surface area contributed by atoms with Gasteiger partial charge in [0.25, 0.3) is 0 Å². The van der Waals surface area contributed by atoms with Gasteiger partial charge in [0.15, 0.2) is 11.5 Å². The van der Waals surface area contributed by atoms with E-state index in [0.29, 0.717) is 41.6 Å². The molecular weight excluding hydrogens is 418 g/mol. The topological polar surface area (TPSA) is 109 Å². The van der Waals surface area contributed by atoms with Gasteiger partial charge in [-0.1, -0.05) is 42.5 Å². The summed E-state index contributed by atoms with van der Waals surface area (Å²) in [4.78, 5) is 11.6. The van der Waals surface area contributed by atoms with Crippen molar-refractivity contribution < 1.29 is 19.0 Å². The van der Waals surface area contributed by atoms with Crippen LogP contribution in [0, 0.1) is 0 Å². The van der Waals surface area contributed by atoms with Gasteiger partial charge in [0.1, 0.15) is 0 Å². The quantitative estimate of drug-likeness (QED) is 0.324. The first kappa shape index (κ1) is 23.7. The minimum atomic E-state index is -0.524. The highest BCUT2D eigenvalue weighted by molar-refractivity contribution is 6.00. The Hall–Kier alpha value is -3.97. The van der Waals surface area contributed by atoms with Crippen molar-refractivity contribution in [3.8, 4) is 17.2 Å². The number of primary amides is 1. The van der Waals surface area contributed by atoms with Gasteiger partial charge < -0.3 is 31.0 Å². The number of carbonyl (C=O) groups is 1. The SMILES string of the molecule is COc1cc(CNCc2ccc(C(=CC(N)=O)c3ccccc3N)cc2)cc(OC)c1OC. The summed E-state index contributed by atoms with van der Waals surface area (Å²) in [5, 5.41) is 3.42. The number of anilines is 1. The first-order valence-electron chi connectivity index (χ1n) is 10.4. The largest absolute Gasteiger partial charge is 0.493 e. The molecule has 0 aliphatic rings. The van der Waals surface area contributed by atoms with E-state index >= 15 is 0 Å². The number of rotatable bonds is 10. The molecule has 0 spiro atoms. The van der Waals surface area contributed by atoms with Gasteiger partial charge in [-0.3, -0.25) is 4.79 Å². The highest BCUT2D eigenvalue weighted by atomic mass is 16.5. The average Bonchev–Trinajstić information content (AvgIpc) is 2.82. The van der Waals surface area contributed by atoms with E-state index in [9.17, 15) is 4.79 Å². The van der Waals surface area contributed by atoms with Gasteiger partial charge in [0.2, 0.25) is 11.7 Å². The Morgan fingerprint density at radius 3 is 2.03 bits per heavy atom. The van der Waals surface area contributed by atoms with Crippen molar-refractivity contribution in [2.45, 2.75) is 13.1 Å². The first-order chi connectivity index (χ1) is 16.0. The molecule has 7 nitrogen and oxygen atoms in total. The second kappa shape index (κ2) is 11.1. The maximum Gasteiger partial charge on any atom is 0.242 e. The van der Waals surface area contributed by atoms with Crippen LogP contribution in [0.25, 0.3) is 5.57 Å². The fourth-order valence-electron chi connectivity index (χ4n) is 3.59. The van der Waals surface area contributed by atoms with Crippen molar-refractivity contribution in [3.63, 3.8) is 0 Å². The zero-order valence-electron chi connectivity index (χ0n) is 19.1. The van der Waals surface area contributed by atoms with Crippen LogP contribution in [-0.2, 0) is 17.9 Å². The van der Waals surface area contributed by atoms with Gasteiger partial charge in [0.05, 0.1) is 21.3 Å². The molecule has 0 aliphatic carbocycles. The lowest BCUT2D eigenvalue weighted by molar-refractivity contribution is -0.113. The smallest absolute Gasteiger partial charge is 0.242 e. The number of amides is 1. The van der Waals surface area contributed by atoms with E-state index in [1.807, 2.05) is 54.6 Å². The Morgan fingerprint density at radius 1 is 0.879 bits per heavy atom. The normalized spacial score (nSPS) is 11.2. The predicted octanol–water partition coefficient (Wildman–Crippen LogP) is 3.50. The number of nitrogens with two attached hydrogens (primary N) is 2. The van der Waals surface area contributed by atoms with Crippen LogP contribution in [0.5, 0.6) is 17.2 Å². The van der Waals surface area contributed by atoms with E-state index < -0.39 is 5.91 Å². The number of nitrogen functional groups attached to an aromatic ring is 1. The van der Waals surface area contributed by atoms with Crippen LogP contribution < -0.4 is 31.0 Å². The number of ether oxygens (including phenoxy) is 3. The molecule has 0 unspecified atom stereocenters. The average molecular weight is 448 g/mol. The molecule has 33 heavy (non-hydrogen) atoms. The van der Waals surface area contributed by atoms with Crippen molar-refractivity contribution in [2.24, 2.45) is 5.73 Å². The van der Waals surface area contributed by atoms with Crippen LogP contribution in [0.4, 0.5) is 5.69 Å². The highest BCUT2D eigenvalue weighted by Gasteiger charge is 2.13. The maximum atomic E-state index is 11.6. The number of para-hydroxylation sites is 1. The molecule has 3 aromatic rings. The predicted molar refractivity (Wildman–Crippen MR) is 130 cm³/mol. The molecule has 7 heteroatoms. The molecule has 0 fully saturated rings. The number of carbonyl (C=O) groups excluding carboxylic acids is 1. The molecular formula is C26H29N3O4. The third kappa shape index (κ3) is 5.84. The number of hydrogen-bond acceptors (Lipinski definition) is 6. The van der Waals surface area contributed by atoms with Crippen LogP contribution in [0.2, 0.25) is 0 Å². The monoisotopic (exact) mass is 447 g/mol. The molecule has 0 atom stereocenters. The van der Waals surface area contributed by atoms with Crippen molar-refractivity contribution >= 4 is 17.2 Å². The summed E-state index contributed by atoms with van der Waals surface area (Å²) in [6.45, 7) is 1.27. The van der Waals surface area contributed by atoms with Crippen LogP contribution in [0.3, 0.4) is 0 Å². The minimum absolute atomic E-state index is 0.524. The summed E-state index contributed by atoms with van der Waals surface area (Å²) in [6, 6.07) is 19.2. The first-order valence-corrected chi connectivity index (χ1v) is 10.4.